The lowest BCUT2D eigenvalue weighted by Crippen LogP contribution is -2.54. The van der Waals surface area contributed by atoms with Crippen LogP contribution in [0.2, 0.25) is 0 Å². The fraction of sp³-hybridized carbons (Fsp3) is 0.625. The molecule has 1 aromatic rings. The first kappa shape index (κ1) is 18.4. The van der Waals surface area contributed by atoms with Gasteiger partial charge in [0.25, 0.3) is 0 Å². The van der Waals surface area contributed by atoms with Gasteiger partial charge in [-0.25, -0.2) is 16.8 Å². The summed E-state index contributed by atoms with van der Waals surface area (Å²) in [4.78, 5) is 0.212. The van der Waals surface area contributed by atoms with Crippen LogP contribution < -0.4 is 0 Å². The standard InChI is InChI=1S/C16H25NO4S2/c1-12-13(2)22(18,19)11-10-17(12)23(20,21)15-8-6-14(7-9-15)16(3,4)5/h6-9,12-13H,10-11H2,1-5H3/t12-,13+/m0/s1. The first-order valence-corrected chi connectivity index (χ1v) is 10.9. The third-order valence-corrected chi connectivity index (χ3v) is 8.90. The Hall–Kier alpha value is -0.920. The number of benzene rings is 1. The molecule has 0 unspecified atom stereocenters. The molecule has 0 spiro atoms. The quantitative estimate of drug-likeness (QED) is 0.811. The van der Waals surface area contributed by atoms with Crippen molar-refractivity contribution in [3.05, 3.63) is 29.8 Å². The third-order valence-electron chi connectivity index (χ3n) is 4.62. The molecule has 0 N–H and O–H groups in total. The number of hydrogen-bond donors (Lipinski definition) is 0. The second kappa shape index (κ2) is 5.86. The molecule has 1 saturated heterocycles. The number of hydrogen-bond acceptors (Lipinski definition) is 4. The van der Waals surface area contributed by atoms with Crippen molar-refractivity contribution in [1.29, 1.82) is 0 Å². The molecule has 1 aromatic carbocycles. The van der Waals surface area contributed by atoms with Gasteiger partial charge in [0.2, 0.25) is 10.0 Å². The Balaban J connectivity index is 2.36. The zero-order valence-electron chi connectivity index (χ0n) is 14.3. The van der Waals surface area contributed by atoms with E-state index in [4.69, 9.17) is 0 Å². The fourth-order valence-corrected chi connectivity index (χ4v) is 6.21. The Bertz CT molecular complexity index is 774. The second-order valence-corrected chi connectivity index (χ2v) is 11.6. The third kappa shape index (κ3) is 3.46. The van der Waals surface area contributed by atoms with E-state index in [9.17, 15) is 16.8 Å². The van der Waals surface area contributed by atoms with E-state index >= 15 is 0 Å². The Morgan fingerprint density at radius 2 is 1.61 bits per heavy atom. The van der Waals surface area contributed by atoms with Gasteiger partial charge >= 0.3 is 0 Å². The van der Waals surface area contributed by atoms with Gasteiger partial charge in [-0.2, -0.15) is 4.31 Å². The van der Waals surface area contributed by atoms with E-state index in [1.54, 1.807) is 26.0 Å². The summed E-state index contributed by atoms with van der Waals surface area (Å²) >= 11 is 0. The second-order valence-electron chi connectivity index (χ2n) is 7.20. The van der Waals surface area contributed by atoms with E-state index in [1.807, 2.05) is 12.1 Å². The average Bonchev–Trinajstić information content (AvgIpc) is 2.44. The van der Waals surface area contributed by atoms with Crippen LogP contribution in [0.1, 0.15) is 40.2 Å². The van der Waals surface area contributed by atoms with Crippen LogP contribution in [0.3, 0.4) is 0 Å². The summed E-state index contributed by atoms with van der Waals surface area (Å²) in [5.41, 5.74) is 1.00. The lowest BCUT2D eigenvalue weighted by Gasteiger charge is -2.36. The molecule has 23 heavy (non-hydrogen) atoms. The summed E-state index contributed by atoms with van der Waals surface area (Å²) in [6.07, 6.45) is 0. The number of sulfonamides is 1. The van der Waals surface area contributed by atoms with Gasteiger partial charge in [-0.3, -0.25) is 0 Å². The summed E-state index contributed by atoms with van der Waals surface area (Å²) in [7, 11) is -6.91. The minimum absolute atomic E-state index is 0.0111. The molecular weight excluding hydrogens is 334 g/mol. The van der Waals surface area contributed by atoms with Crippen molar-refractivity contribution >= 4 is 19.9 Å². The molecule has 1 aliphatic rings. The van der Waals surface area contributed by atoms with Crippen molar-refractivity contribution in [2.45, 2.75) is 56.2 Å². The van der Waals surface area contributed by atoms with E-state index in [0.717, 1.165) is 5.56 Å². The van der Waals surface area contributed by atoms with Crippen molar-refractivity contribution in [1.82, 2.24) is 4.31 Å². The van der Waals surface area contributed by atoms with Crippen molar-refractivity contribution in [3.8, 4) is 0 Å². The van der Waals surface area contributed by atoms with Gasteiger partial charge in [0, 0.05) is 12.6 Å². The molecule has 0 aromatic heterocycles. The van der Waals surface area contributed by atoms with Gasteiger partial charge < -0.3 is 0 Å². The molecule has 0 bridgehead atoms. The highest BCUT2D eigenvalue weighted by atomic mass is 32.2. The molecule has 2 rings (SSSR count). The Kier molecular flexibility index (Phi) is 4.69. The van der Waals surface area contributed by atoms with Gasteiger partial charge in [-0.05, 0) is 37.0 Å². The molecule has 2 atom stereocenters. The molecular formula is C16H25NO4S2. The Labute approximate surface area is 139 Å². The summed E-state index contributed by atoms with van der Waals surface area (Å²) < 4.78 is 50.9. The Morgan fingerprint density at radius 3 is 2.09 bits per heavy atom. The van der Waals surface area contributed by atoms with Gasteiger partial charge in [0.05, 0.1) is 15.9 Å². The number of rotatable bonds is 2. The number of nitrogens with zero attached hydrogens (tertiary/aromatic N) is 1. The summed E-state index contributed by atoms with van der Waals surface area (Å²) in [6.45, 7) is 9.44. The van der Waals surface area contributed by atoms with Crippen LogP contribution in [0.25, 0.3) is 0 Å². The summed E-state index contributed by atoms with van der Waals surface area (Å²) in [5, 5.41) is -0.695. The largest absolute Gasteiger partial charge is 0.243 e. The minimum atomic E-state index is -3.69. The predicted molar refractivity (Wildman–Crippen MR) is 91.7 cm³/mol. The van der Waals surface area contributed by atoms with Crippen LogP contribution in [-0.2, 0) is 25.3 Å². The van der Waals surface area contributed by atoms with Gasteiger partial charge in [-0.1, -0.05) is 32.9 Å². The monoisotopic (exact) mass is 359 g/mol. The molecule has 0 saturated carbocycles. The van der Waals surface area contributed by atoms with E-state index in [1.165, 1.54) is 4.31 Å². The van der Waals surface area contributed by atoms with Crippen LogP contribution >= 0.6 is 0 Å². The Morgan fingerprint density at radius 1 is 1.09 bits per heavy atom. The fourth-order valence-electron chi connectivity index (χ4n) is 2.74. The van der Waals surface area contributed by atoms with Crippen molar-refractivity contribution in [3.63, 3.8) is 0 Å². The molecule has 1 heterocycles. The van der Waals surface area contributed by atoms with Crippen LogP contribution in [0.15, 0.2) is 29.2 Å². The van der Waals surface area contributed by atoms with E-state index in [0.29, 0.717) is 0 Å². The highest BCUT2D eigenvalue weighted by molar-refractivity contribution is 7.92. The van der Waals surface area contributed by atoms with E-state index in [-0.39, 0.29) is 22.6 Å². The van der Waals surface area contributed by atoms with E-state index < -0.39 is 31.2 Å². The molecule has 130 valence electrons. The van der Waals surface area contributed by atoms with Crippen LogP contribution in [0.4, 0.5) is 0 Å². The molecule has 0 aliphatic carbocycles. The van der Waals surface area contributed by atoms with Crippen LogP contribution in [-0.4, -0.2) is 44.7 Å². The van der Waals surface area contributed by atoms with Crippen LogP contribution in [0.5, 0.6) is 0 Å². The minimum Gasteiger partial charge on any atom is -0.228 e. The molecule has 0 radical (unpaired) electrons. The van der Waals surface area contributed by atoms with Gasteiger partial charge in [0.1, 0.15) is 0 Å². The maximum absolute atomic E-state index is 12.8. The van der Waals surface area contributed by atoms with Gasteiger partial charge in [-0.15, -0.1) is 0 Å². The smallest absolute Gasteiger partial charge is 0.228 e. The lowest BCUT2D eigenvalue weighted by molar-refractivity contribution is 0.327. The number of sulfone groups is 1. The topological polar surface area (TPSA) is 71.5 Å². The molecule has 0 amide bonds. The van der Waals surface area contributed by atoms with Crippen molar-refractivity contribution in [2.24, 2.45) is 0 Å². The highest BCUT2D eigenvalue weighted by Crippen LogP contribution is 2.28. The molecule has 7 heteroatoms. The maximum Gasteiger partial charge on any atom is 0.243 e. The molecule has 5 nitrogen and oxygen atoms in total. The summed E-state index contributed by atoms with van der Waals surface area (Å²) in [6, 6.07) is 6.29. The highest BCUT2D eigenvalue weighted by Gasteiger charge is 2.41. The molecule has 1 fully saturated rings. The van der Waals surface area contributed by atoms with Gasteiger partial charge in [0.15, 0.2) is 9.84 Å². The van der Waals surface area contributed by atoms with Crippen LogP contribution in [0, 0.1) is 0 Å². The SMILES string of the molecule is C[C@@H]1[C@H](C)N(S(=O)(=O)c2ccc(C(C)(C)C)cc2)CCS1(=O)=O. The van der Waals surface area contributed by atoms with Crippen molar-refractivity contribution in [2.75, 3.05) is 12.3 Å². The zero-order valence-corrected chi connectivity index (χ0v) is 15.9. The predicted octanol–water partition coefficient (Wildman–Crippen LogP) is 2.18. The molecule has 1 aliphatic heterocycles. The average molecular weight is 360 g/mol. The lowest BCUT2D eigenvalue weighted by atomic mass is 9.87. The van der Waals surface area contributed by atoms with E-state index in [2.05, 4.69) is 20.8 Å². The maximum atomic E-state index is 12.8. The summed E-state index contributed by atoms with van der Waals surface area (Å²) in [5.74, 6) is -0.127. The first-order chi connectivity index (χ1) is 10.4. The first-order valence-electron chi connectivity index (χ1n) is 7.71. The van der Waals surface area contributed by atoms with Crippen molar-refractivity contribution < 1.29 is 16.8 Å². The normalized spacial score (nSPS) is 26.1. The zero-order chi connectivity index (χ0) is 17.6.